The molecular formula is C14H15N3. The van der Waals surface area contributed by atoms with E-state index in [0.717, 1.165) is 18.2 Å². The van der Waals surface area contributed by atoms with Crippen molar-refractivity contribution in [1.82, 2.24) is 9.97 Å². The summed E-state index contributed by atoms with van der Waals surface area (Å²) < 4.78 is 0. The van der Waals surface area contributed by atoms with Crippen molar-refractivity contribution in [2.75, 3.05) is 5.32 Å². The van der Waals surface area contributed by atoms with Crippen LogP contribution in [0.3, 0.4) is 0 Å². The van der Waals surface area contributed by atoms with Crippen LogP contribution in [0.5, 0.6) is 0 Å². The molecule has 3 rings (SSSR count). The molecule has 0 amide bonds. The van der Waals surface area contributed by atoms with Crippen LogP contribution in [-0.2, 0) is 6.54 Å². The number of benzene rings is 1. The van der Waals surface area contributed by atoms with E-state index in [1.165, 1.54) is 18.4 Å². The van der Waals surface area contributed by atoms with E-state index in [-0.39, 0.29) is 0 Å². The summed E-state index contributed by atoms with van der Waals surface area (Å²) in [6, 6.07) is 12.3. The molecule has 17 heavy (non-hydrogen) atoms. The smallest absolute Gasteiger partial charge is 0.133 e. The minimum Gasteiger partial charge on any atom is -0.366 e. The van der Waals surface area contributed by atoms with Crippen LogP contribution in [-0.4, -0.2) is 9.97 Å². The van der Waals surface area contributed by atoms with E-state index in [4.69, 9.17) is 0 Å². The van der Waals surface area contributed by atoms with Crippen LogP contribution in [0.15, 0.2) is 42.6 Å². The molecular weight excluding hydrogens is 210 g/mol. The molecule has 3 heteroatoms. The van der Waals surface area contributed by atoms with E-state index in [1.807, 2.05) is 30.5 Å². The molecule has 1 aromatic carbocycles. The molecule has 1 aromatic heterocycles. The number of hydrogen-bond donors (Lipinski definition) is 1. The third kappa shape index (κ3) is 2.61. The van der Waals surface area contributed by atoms with Crippen molar-refractivity contribution in [3.63, 3.8) is 0 Å². The van der Waals surface area contributed by atoms with Gasteiger partial charge in [-0.05, 0) is 24.5 Å². The van der Waals surface area contributed by atoms with E-state index in [9.17, 15) is 0 Å². The van der Waals surface area contributed by atoms with Gasteiger partial charge < -0.3 is 5.32 Å². The van der Waals surface area contributed by atoms with Gasteiger partial charge in [0.05, 0.1) is 0 Å². The molecule has 3 nitrogen and oxygen atoms in total. The fourth-order valence-corrected chi connectivity index (χ4v) is 1.80. The Morgan fingerprint density at radius 3 is 2.71 bits per heavy atom. The third-order valence-corrected chi connectivity index (χ3v) is 2.93. The van der Waals surface area contributed by atoms with Gasteiger partial charge in [0.2, 0.25) is 0 Å². The van der Waals surface area contributed by atoms with Crippen LogP contribution < -0.4 is 5.32 Å². The first-order chi connectivity index (χ1) is 8.42. The maximum absolute atomic E-state index is 4.53. The number of anilines is 1. The number of aromatic nitrogens is 2. The highest BCUT2D eigenvalue weighted by atomic mass is 15.0. The molecule has 1 saturated carbocycles. The first kappa shape index (κ1) is 10.3. The standard InChI is InChI=1S/C14H15N3/c1-2-4-11(5-3-1)10-16-13-8-9-15-14(17-13)12-6-7-12/h1-5,8-9,12H,6-7,10H2,(H,15,16,17). The van der Waals surface area contributed by atoms with Crippen molar-refractivity contribution in [3.05, 3.63) is 54.0 Å². The summed E-state index contributed by atoms with van der Waals surface area (Å²) in [7, 11) is 0. The van der Waals surface area contributed by atoms with Crippen LogP contribution in [0, 0.1) is 0 Å². The van der Waals surface area contributed by atoms with Gasteiger partial charge in [0.1, 0.15) is 11.6 Å². The van der Waals surface area contributed by atoms with E-state index in [0.29, 0.717) is 5.92 Å². The first-order valence-electron chi connectivity index (χ1n) is 6.02. The number of nitrogens with one attached hydrogen (secondary N) is 1. The molecule has 0 radical (unpaired) electrons. The zero-order valence-electron chi connectivity index (χ0n) is 9.63. The molecule has 1 aliphatic rings. The Kier molecular flexibility index (Phi) is 2.74. The van der Waals surface area contributed by atoms with Crippen molar-refractivity contribution in [1.29, 1.82) is 0 Å². The van der Waals surface area contributed by atoms with Gasteiger partial charge in [-0.2, -0.15) is 0 Å². The van der Waals surface area contributed by atoms with Crippen LogP contribution >= 0.6 is 0 Å². The van der Waals surface area contributed by atoms with Crippen molar-refractivity contribution >= 4 is 5.82 Å². The number of rotatable bonds is 4. The van der Waals surface area contributed by atoms with E-state index >= 15 is 0 Å². The van der Waals surface area contributed by atoms with Gasteiger partial charge in [-0.1, -0.05) is 30.3 Å². The van der Waals surface area contributed by atoms with Crippen molar-refractivity contribution in [2.24, 2.45) is 0 Å². The Morgan fingerprint density at radius 2 is 1.94 bits per heavy atom. The van der Waals surface area contributed by atoms with Crippen LogP contribution in [0.2, 0.25) is 0 Å². The Balaban J connectivity index is 1.66. The minimum atomic E-state index is 0.605. The van der Waals surface area contributed by atoms with Gasteiger partial charge in [-0.3, -0.25) is 0 Å². The Morgan fingerprint density at radius 1 is 1.12 bits per heavy atom. The lowest BCUT2D eigenvalue weighted by Crippen LogP contribution is -2.03. The molecule has 86 valence electrons. The molecule has 0 saturated heterocycles. The molecule has 0 aliphatic heterocycles. The second kappa shape index (κ2) is 4.53. The van der Waals surface area contributed by atoms with Crippen molar-refractivity contribution in [2.45, 2.75) is 25.3 Å². The predicted octanol–water partition coefficient (Wildman–Crippen LogP) is 2.97. The summed E-state index contributed by atoms with van der Waals surface area (Å²) >= 11 is 0. The maximum Gasteiger partial charge on any atom is 0.133 e. The Bertz CT molecular complexity index is 492. The third-order valence-electron chi connectivity index (χ3n) is 2.93. The van der Waals surface area contributed by atoms with E-state index < -0.39 is 0 Å². The van der Waals surface area contributed by atoms with Gasteiger partial charge in [-0.25, -0.2) is 9.97 Å². The average molecular weight is 225 g/mol. The molecule has 2 aromatic rings. The zero-order chi connectivity index (χ0) is 11.5. The quantitative estimate of drug-likeness (QED) is 0.869. The van der Waals surface area contributed by atoms with E-state index in [2.05, 4.69) is 27.4 Å². The van der Waals surface area contributed by atoms with Crippen LogP contribution in [0.1, 0.15) is 30.1 Å². The molecule has 0 unspecified atom stereocenters. The highest BCUT2D eigenvalue weighted by molar-refractivity contribution is 5.35. The highest BCUT2D eigenvalue weighted by Crippen LogP contribution is 2.37. The summed E-state index contributed by atoms with van der Waals surface area (Å²) in [5.74, 6) is 2.52. The lowest BCUT2D eigenvalue weighted by molar-refractivity contribution is 0.921. The minimum absolute atomic E-state index is 0.605. The van der Waals surface area contributed by atoms with E-state index in [1.54, 1.807) is 0 Å². The lowest BCUT2D eigenvalue weighted by atomic mass is 10.2. The molecule has 0 atom stereocenters. The molecule has 1 fully saturated rings. The summed E-state index contributed by atoms with van der Waals surface area (Å²) in [6.07, 6.45) is 4.32. The SMILES string of the molecule is c1ccc(CNc2ccnc(C3CC3)n2)cc1. The second-order valence-electron chi connectivity index (χ2n) is 4.41. The highest BCUT2D eigenvalue weighted by Gasteiger charge is 2.26. The fraction of sp³-hybridized carbons (Fsp3) is 0.286. The largest absolute Gasteiger partial charge is 0.366 e. The predicted molar refractivity (Wildman–Crippen MR) is 67.8 cm³/mol. The van der Waals surface area contributed by atoms with Crippen LogP contribution in [0.4, 0.5) is 5.82 Å². The normalized spacial score (nSPS) is 14.6. The average Bonchev–Trinajstić information content (AvgIpc) is 3.22. The summed E-state index contributed by atoms with van der Waals surface area (Å²) in [6.45, 7) is 0.807. The van der Waals surface area contributed by atoms with Gasteiger partial charge >= 0.3 is 0 Å². The fourth-order valence-electron chi connectivity index (χ4n) is 1.80. The van der Waals surface area contributed by atoms with Crippen molar-refractivity contribution < 1.29 is 0 Å². The molecule has 1 aliphatic carbocycles. The summed E-state index contributed by atoms with van der Waals surface area (Å²) in [5, 5.41) is 3.33. The maximum atomic E-state index is 4.53. The number of nitrogens with zero attached hydrogens (tertiary/aromatic N) is 2. The zero-order valence-corrected chi connectivity index (χ0v) is 9.63. The number of hydrogen-bond acceptors (Lipinski definition) is 3. The monoisotopic (exact) mass is 225 g/mol. The molecule has 1 N–H and O–H groups in total. The lowest BCUT2D eigenvalue weighted by Gasteiger charge is -2.06. The van der Waals surface area contributed by atoms with Crippen molar-refractivity contribution in [3.8, 4) is 0 Å². The first-order valence-corrected chi connectivity index (χ1v) is 6.02. The Hall–Kier alpha value is -1.90. The Labute approximate surface area is 101 Å². The van der Waals surface area contributed by atoms with Crippen LogP contribution in [0.25, 0.3) is 0 Å². The van der Waals surface area contributed by atoms with Gasteiger partial charge in [0, 0.05) is 18.7 Å². The van der Waals surface area contributed by atoms with Gasteiger partial charge in [0.25, 0.3) is 0 Å². The van der Waals surface area contributed by atoms with Gasteiger partial charge in [-0.15, -0.1) is 0 Å². The molecule has 0 spiro atoms. The topological polar surface area (TPSA) is 37.8 Å². The summed E-state index contributed by atoms with van der Waals surface area (Å²) in [4.78, 5) is 8.83. The van der Waals surface area contributed by atoms with Gasteiger partial charge in [0.15, 0.2) is 0 Å². The molecule has 0 bridgehead atoms. The summed E-state index contributed by atoms with van der Waals surface area (Å²) in [5.41, 5.74) is 1.26. The molecule has 1 heterocycles. The second-order valence-corrected chi connectivity index (χ2v) is 4.41.